The molecule has 0 unspecified atom stereocenters. The van der Waals surface area contributed by atoms with Gasteiger partial charge in [0.15, 0.2) is 0 Å². The van der Waals surface area contributed by atoms with Gasteiger partial charge in [-0.05, 0) is 31.5 Å². The minimum Gasteiger partial charge on any atom is -0.370 e. The standard InChI is InChI=1S/C15H18N4O2/c1-4-16-14-10-9-13(19(20)21)15(17-14)18(3)12-8-6-5-7-11(12)2/h5-10H,4H2,1-3H3,(H,16,17). The van der Waals surface area contributed by atoms with Gasteiger partial charge in [0.1, 0.15) is 5.82 Å². The first kappa shape index (κ1) is 14.8. The molecule has 1 aromatic carbocycles. The van der Waals surface area contributed by atoms with Gasteiger partial charge in [0.2, 0.25) is 5.82 Å². The molecule has 0 aliphatic carbocycles. The number of hydrogen-bond donors (Lipinski definition) is 1. The Morgan fingerprint density at radius 3 is 2.62 bits per heavy atom. The van der Waals surface area contributed by atoms with Crippen molar-refractivity contribution in [3.05, 3.63) is 52.1 Å². The zero-order valence-electron chi connectivity index (χ0n) is 12.3. The Labute approximate surface area is 123 Å². The molecule has 0 saturated carbocycles. The van der Waals surface area contributed by atoms with Crippen molar-refractivity contribution in [3.8, 4) is 0 Å². The van der Waals surface area contributed by atoms with E-state index in [2.05, 4.69) is 10.3 Å². The number of nitrogens with one attached hydrogen (secondary N) is 1. The Hall–Kier alpha value is -2.63. The van der Waals surface area contributed by atoms with Crippen LogP contribution >= 0.6 is 0 Å². The van der Waals surface area contributed by atoms with Crippen molar-refractivity contribution in [2.75, 3.05) is 23.8 Å². The van der Waals surface area contributed by atoms with Crippen molar-refractivity contribution in [2.45, 2.75) is 13.8 Å². The summed E-state index contributed by atoms with van der Waals surface area (Å²) >= 11 is 0. The van der Waals surface area contributed by atoms with Gasteiger partial charge < -0.3 is 10.2 Å². The van der Waals surface area contributed by atoms with Crippen LogP contribution in [-0.4, -0.2) is 23.5 Å². The monoisotopic (exact) mass is 286 g/mol. The molecule has 0 amide bonds. The number of aryl methyl sites for hydroxylation is 1. The zero-order valence-corrected chi connectivity index (χ0v) is 12.3. The van der Waals surface area contributed by atoms with Crippen molar-refractivity contribution >= 4 is 23.0 Å². The largest absolute Gasteiger partial charge is 0.370 e. The molecule has 2 aromatic rings. The Bertz CT molecular complexity index is 658. The van der Waals surface area contributed by atoms with Crippen LogP contribution in [0, 0.1) is 17.0 Å². The quantitative estimate of drug-likeness (QED) is 0.673. The summed E-state index contributed by atoms with van der Waals surface area (Å²) < 4.78 is 0. The minimum atomic E-state index is -0.410. The molecule has 0 aliphatic rings. The molecule has 110 valence electrons. The molecule has 0 atom stereocenters. The number of rotatable bonds is 5. The van der Waals surface area contributed by atoms with E-state index >= 15 is 0 Å². The molecule has 1 N–H and O–H groups in total. The fraction of sp³-hybridized carbons (Fsp3) is 0.267. The summed E-state index contributed by atoms with van der Waals surface area (Å²) in [5, 5.41) is 14.3. The summed E-state index contributed by atoms with van der Waals surface area (Å²) in [4.78, 5) is 16.9. The fourth-order valence-corrected chi connectivity index (χ4v) is 2.16. The van der Waals surface area contributed by atoms with Gasteiger partial charge in [-0.2, -0.15) is 0 Å². The molecule has 1 aromatic heterocycles. The van der Waals surface area contributed by atoms with Crippen LogP contribution in [0.4, 0.5) is 23.0 Å². The second-order valence-corrected chi connectivity index (χ2v) is 4.67. The van der Waals surface area contributed by atoms with E-state index in [9.17, 15) is 10.1 Å². The number of benzene rings is 1. The van der Waals surface area contributed by atoms with Gasteiger partial charge in [0.25, 0.3) is 0 Å². The van der Waals surface area contributed by atoms with Crippen LogP contribution in [0.15, 0.2) is 36.4 Å². The highest BCUT2D eigenvalue weighted by Gasteiger charge is 2.21. The van der Waals surface area contributed by atoms with Gasteiger partial charge in [-0.25, -0.2) is 4.98 Å². The molecule has 21 heavy (non-hydrogen) atoms. The Kier molecular flexibility index (Phi) is 4.37. The number of nitro groups is 1. The van der Waals surface area contributed by atoms with E-state index in [0.717, 1.165) is 11.3 Å². The predicted octanol–water partition coefficient (Wildman–Crippen LogP) is 3.50. The maximum atomic E-state index is 11.2. The number of nitrogens with zero attached hydrogens (tertiary/aromatic N) is 3. The minimum absolute atomic E-state index is 0.0117. The Balaban J connectivity index is 2.52. The number of hydrogen-bond acceptors (Lipinski definition) is 5. The van der Waals surface area contributed by atoms with E-state index in [-0.39, 0.29) is 5.69 Å². The third kappa shape index (κ3) is 3.10. The maximum absolute atomic E-state index is 11.2. The summed E-state index contributed by atoms with van der Waals surface area (Å²) in [6, 6.07) is 10.8. The van der Waals surface area contributed by atoms with Gasteiger partial charge >= 0.3 is 5.69 Å². The third-order valence-corrected chi connectivity index (χ3v) is 3.20. The molecule has 1 heterocycles. The predicted molar refractivity (Wildman–Crippen MR) is 84.3 cm³/mol. The summed E-state index contributed by atoms with van der Waals surface area (Å²) in [6.45, 7) is 4.62. The lowest BCUT2D eigenvalue weighted by molar-refractivity contribution is -0.384. The molecule has 0 saturated heterocycles. The van der Waals surface area contributed by atoms with Crippen molar-refractivity contribution in [1.82, 2.24) is 4.98 Å². The third-order valence-electron chi connectivity index (χ3n) is 3.20. The normalized spacial score (nSPS) is 10.2. The first-order valence-electron chi connectivity index (χ1n) is 6.73. The lowest BCUT2D eigenvalue weighted by atomic mass is 10.2. The molecular weight excluding hydrogens is 268 g/mol. The van der Waals surface area contributed by atoms with Gasteiger partial charge in [-0.15, -0.1) is 0 Å². The molecule has 0 fully saturated rings. The van der Waals surface area contributed by atoms with Gasteiger partial charge in [0.05, 0.1) is 4.92 Å². The van der Waals surface area contributed by atoms with Gasteiger partial charge in [0, 0.05) is 25.3 Å². The molecule has 0 radical (unpaired) electrons. The first-order chi connectivity index (χ1) is 10.0. The second kappa shape index (κ2) is 6.21. The molecular formula is C15H18N4O2. The van der Waals surface area contributed by atoms with Crippen molar-refractivity contribution < 1.29 is 4.92 Å². The van der Waals surface area contributed by atoms with Crippen molar-refractivity contribution in [2.24, 2.45) is 0 Å². The Morgan fingerprint density at radius 1 is 1.29 bits per heavy atom. The molecule has 6 nitrogen and oxygen atoms in total. The maximum Gasteiger partial charge on any atom is 0.312 e. The van der Waals surface area contributed by atoms with Gasteiger partial charge in [-0.1, -0.05) is 18.2 Å². The van der Waals surface area contributed by atoms with Crippen LogP contribution < -0.4 is 10.2 Å². The van der Waals surface area contributed by atoms with E-state index in [1.807, 2.05) is 38.1 Å². The van der Waals surface area contributed by atoms with Crippen LogP contribution in [0.2, 0.25) is 0 Å². The van der Waals surface area contributed by atoms with Crippen LogP contribution in [0.5, 0.6) is 0 Å². The summed E-state index contributed by atoms with van der Waals surface area (Å²) in [5.74, 6) is 0.950. The first-order valence-corrected chi connectivity index (χ1v) is 6.73. The van der Waals surface area contributed by atoms with E-state index in [4.69, 9.17) is 0 Å². The number of aromatic nitrogens is 1. The summed E-state index contributed by atoms with van der Waals surface area (Å²) in [5.41, 5.74) is 1.91. The molecule has 0 aliphatic heterocycles. The van der Waals surface area contributed by atoms with Crippen LogP contribution in [0.3, 0.4) is 0 Å². The second-order valence-electron chi connectivity index (χ2n) is 4.67. The molecule has 2 rings (SSSR count). The number of anilines is 3. The highest BCUT2D eigenvalue weighted by molar-refractivity contribution is 5.71. The zero-order chi connectivity index (χ0) is 15.4. The van der Waals surface area contributed by atoms with Crippen LogP contribution in [-0.2, 0) is 0 Å². The van der Waals surface area contributed by atoms with E-state index in [1.54, 1.807) is 18.0 Å². The van der Waals surface area contributed by atoms with Crippen molar-refractivity contribution in [3.63, 3.8) is 0 Å². The average molecular weight is 286 g/mol. The van der Waals surface area contributed by atoms with E-state index < -0.39 is 4.92 Å². The number of para-hydroxylation sites is 1. The highest BCUT2D eigenvalue weighted by atomic mass is 16.6. The Morgan fingerprint density at radius 2 is 2.00 bits per heavy atom. The van der Waals surface area contributed by atoms with E-state index in [0.29, 0.717) is 18.2 Å². The molecule has 0 spiro atoms. The smallest absolute Gasteiger partial charge is 0.312 e. The molecule has 6 heteroatoms. The van der Waals surface area contributed by atoms with Crippen LogP contribution in [0.1, 0.15) is 12.5 Å². The van der Waals surface area contributed by atoms with E-state index in [1.165, 1.54) is 6.07 Å². The fourth-order valence-electron chi connectivity index (χ4n) is 2.16. The summed E-state index contributed by atoms with van der Waals surface area (Å²) in [7, 11) is 1.79. The highest BCUT2D eigenvalue weighted by Crippen LogP contribution is 2.33. The van der Waals surface area contributed by atoms with Crippen molar-refractivity contribution in [1.29, 1.82) is 0 Å². The number of pyridine rings is 1. The lowest BCUT2D eigenvalue weighted by Crippen LogP contribution is -2.15. The van der Waals surface area contributed by atoms with Gasteiger partial charge in [-0.3, -0.25) is 10.1 Å². The molecule has 0 bridgehead atoms. The SMILES string of the molecule is CCNc1ccc([N+](=O)[O-])c(N(C)c2ccccc2C)n1. The summed E-state index contributed by atoms with van der Waals surface area (Å²) in [6.07, 6.45) is 0. The average Bonchev–Trinajstić information content (AvgIpc) is 2.47. The topological polar surface area (TPSA) is 71.3 Å². The lowest BCUT2D eigenvalue weighted by Gasteiger charge is -2.20. The van der Waals surface area contributed by atoms with Crippen LogP contribution in [0.25, 0.3) is 0 Å².